The highest BCUT2D eigenvalue weighted by molar-refractivity contribution is 7.09. The van der Waals surface area contributed by atoms with Crippen LogP contribution in [0.3, 0.4) is 0 Å². The third kappa shape index (κ3) is 2.54. The smallest absolute Gasteiger partial charge is 0.115 e. The molecule has 1 aliphatic rings. The van der Waals surface area contributed by atoms with Crippen LogP contribution >= 0.6 is 11.3 Å². The van der Waals surface area contributed by atoms with Crippen LogP contribution in [-0.4, -0.2) is 24.2 Å². The molecule has 2 rings (SSSR count). The van der Waals surface area contributed by atoms with Gasteiger partial charge in [-0.2, -0.15) is 0 Å². The predicted molar refractivity (Wildman–Crippen MR) is 71.3 cm³/mol. The summed E-state index contributed by atoms with van der Waals surface area (Å²) < 4.78 is 5.74. The Balaban J connectivity index is 2.33. The first-order valence-corrected chi connectivity index (χ1v) is 7.27. The Morgan fingerprint density at radius 3 is 2.94 bits per heavy atom. The first-order chi connectivity index (χ1) is 8.19. The van der Waals surface area contributed by atoms with Crippen molar-refractivity contribution in [2.24, 2.45) is 0 Å². The molecule has 1 aliphatic carbocycles. The highest BCUT2D eigenvalue weighted by atomic mass is 32.1. The maximum atomic E-state index is 5.74. The van der Waals surface area contributed by atoms with Crippen molar-refractivity contribution in [1.29, 1.82) is 0 Å². The summed E-state index contributed by atoms with van der Waals surface area (Å²) in [6.07, 6.45) is 6.88. The fourth-order valence-corrected chi connectivity index (χ4v) is 3.77. The molecule has 0 aromatic carbocycles. The van der Waals surface area contributed by atoms with Crippen molar-refractivity contribution >= 4 is 11.3 Å². The average molecular weight is 254 g/mol. The number of methoxy groups -OCH3 is 1. The van der Waals surface area contributed by atoms with E-state index in [-0.39, 0.29) is 11.6 Å². The molecule has 0 saturated heterocycles. The van der Waals surface area contributed by atoms with E-state index in [0.29, 0.717) is 6.04 Å². The van der Waals surface area contributed by atoms with E-state index in [9.17, 15) is 0 Å². The molecule has 2 unspecified atom stereocenters. The quantitative estimate of drug-likeness (QED) is 0.897. The lowest BCUT2D eigenvalue weighted by atomic mass is 9.79. The number of aromatic nitrogens is 1. The molecule has 1 saturated carbocycles. The van der Waals surface area contributed by atoms with Crippen LogP contribution < -0.4 is 5.32 Å². The van der Waals surface area contributed by atoms with Gasteiger partial charge in [-0.05, 0) is 26.7 Å². The average Bonchev–Trinajstić information content (AvgIpc) is 2.82. The minimum Gasteiger partial charge on any atom is -0.379 e. The number of nitrogens with zero attached hydrogens (tertiary/aromatic N) is 1. The Hall–Kier alpha value is -0.450. The van der Waals surface area contributed by atoms with Gasteiger partial charge in [-0.25, -0.2) is 4.98 Å². The summed E-state index contributed by atoms with van der Waals surface area (Å²) in [5.74, 6) is 0. The van der Waals surface area contributed by atoms with Gasteiger partial charge >= 0.3 is 0 Å². The largest absolute Gasteiger partial charge is 0.379 e. The van der Waals surface area contributed by atoms with E-state index in [1.165, 1.54) is 17.8 Å². The molecule has 3 nitrogen and oxygen atoms in total. The third-order valence-electron chi connectivity index (χ3n) is 3.48. The zero-order valence-corrected chi connectivity index (χ0v) is 11.7. The molecule has 1 fully saturated rings. The summed E-state index contributed by atoms with van der Waals surface area (Å²) in [4.78, 5) is 4.54. The zero-order chi connectivity index (χ0) is 12.3. The van der Waals surface area contributed by atoms with Crippen molar-refractivity contribution in [2.45, 2.75) is 57.2 Å². The molecule has 0 bridgehead atoms. The van der Waals surface area contributed by atoms with Crippen LogP contribution in [0.5, 0.6) is 0 Å². The lowest BCUT2D eigenvalue weighted by Crippen LogP contribution is -2.56. The van der Waals surface area contributed by atoms with Gasteiger partial charge in [-0.1, -0.05) is 12.8 Å². The van der Waals surface area contributed by atoms with E-state index in [1.54, 1.807) is 11.3 Å². The Bertz CT molecular complexity index is 339. The topological polar surface area (TPSA) is 34.1 Å². The second kappa shape index (κ2) is 5.46. The summed E-state index contributed by atoms with van der Waals surface area (Å²) in [5.41, 5.74) is -0.0741. The monoisotopic (exact) mass is 254 g/mol. The van der Waals surface area contributed by atoms with Crippen molar-refractivity contribution < 1.29 is 4.74 Å². The van der Waals surface area contributed by atoms with Crippen molar-refractivity contribution in [3.8, 4) is 0 Å². The van der Waals surface area contributed by atoms with E-state index in [2.05, 4.69) is 29.5 Å². The number of nitrogens with one attached hydrogen (secondary N) is 1. The van der Waals surface area contributed by atoms with E-state index >= 15 is 0 Å². The van der Waals surface area contributed by atoms with E-state index < -0.39 is 0 Å². The van der Waals surface area contributed by atoms with Gasteiger partial charge in [-0.15, -0.1) is 11.3 Å². The molecule has 96 valence electrons. The Morgan fingerprint density at radius 1 is 1.53 bits per heavy atom. The standard InChI is InChI=1S/C13H22N2OS/c1-10(2)15-13(12-14-8-9-17-12)7-5-4-6-11(13)16-3/h8-11,15H,4-7H2,1-3H3. The van der Waals surface area contributed by atoms with Crippen LogP contribution in [0.2, 0.25) is 0 Å². The SMILES string of the molecule is COC1CCCCC1(NC(C)C)c1nccs1. The molecule has 0 radical (unpaired) electrons. The van der Waals surface area contributed by atoms with Crippen LogP contribution in [-0.2, 0) is 10.3 Å². The van der Waals surface area contributed by atoms with Gasteiger partial charge in [-0.3, -0.25) is 0 Å². The van der Waals surface area contributed by atoms with Gasteiger partial charge < -0.3 is 10.1 Å². The van der Waals surface area contributed by atoms with Gasteiger partial charge in [0.05, 0.1) is 11.6 Å². The zero-order valence-electron chi connectivity index (χ0n) is 10.9. The summed E-state index contributed by atoms with van der Waals surface area (Å²) in [7, 11) is 1.82. The first-order valence-electron chi connectivity index (χ1n) is 6.39. The normalized spacial score (nSPS) is 29.8. The predicted octanol–water partition coefficient (Wildman–Crippen LogP) is 2.93. The van der Waals surface area contributed by atoms with Gasteiger partial charge in [0, 0.05) is 24.7 Å². The number of thiazole rings is 1. The molecule has 17 heavy (non-hydrogen) atoms. The second-order valence-electron chi connectivity index (χ2n) is 5.08. The highest BCUT2D eigenvalue weighted by Gasteiger charge is 2.44. The lowest BCUT2D eigenvalue weighted by Gasteiger charge is -2.43. The summed E-state index contributed by atoms with van der Waals surface area (Å²) >= 11 is 1.74. The summed E-state index contributed by atoms with van der Waals surface area (Å²) in [6, 6.07) is 0.439. The molecule has 2 atom stereocenters. The molecule has 4 heteroatoms. The molecular weight excluding hydrogens is 232 g/mol. The maximum Gasteiger partial charge on any atom is 0.115 e. The minimum absolute atomic E-state index is 0.0741. The van der Waals surface area contributed by atoms with Crippen molar-refractivity contribution in [1.82, 2.24) is 10.3 Å². The van der Waals surface area contributed by atoms with Crippen LogP contribution in [0, 0.1) is 0 Å². The van der Waals surface area contributed by atoms with Crippen molar-refractivity contribution in [3.63, 3.8) is 0 Å². The Labute approximate surface area is 108 Å². The highest BCUT2D eigenvalue weighted by Crippen LogP contribution is 2.40. The number of hydrogen-bond acceptors (Lipinski definition) is 4. The molecule has 1 N–H and O–H groups in total. The summed E-state index contributed by atoms with van der Waals surface area (Å²) in [6.45, 7) is 4.38. The number of ether oxygens (including phenoxy) is 1. The Kier molecular flexibility index (Phi) is 4.17. The summed E-state index contributed by atoms with van der Waals surface area (Å²) in [5, 5.41) is 6.96. The molecule has 0 aliphatic heterocycles. The van der Waals surface area contributed by atoms with Gasteiger partial charge in [0.2, 0.25) is 0 Å². The van der Waals surface area contributed by atoms with Crippen molar-refractivity contribution in [3.05, 3.63) is 16.6 Å². The molecular formula is C13H22N2OS. The molecule has 1 aromatic rings. The lowest BCUT2D eigenvalue weighted by molar-refractivity contribution is -0.0194. The fourth-order valence-electron chi connectivity index (χ4n) is 2.89. The van der Waals surface area contributed by atoms with Crippen LogP contribution in [0.15, 0.2) is 11.6 Å². The Morgan fingerprint density at radius 2 is 2.35 bits per heavy atom. The minimum atomic E-state index is -0.0741. The van der Waals surface area contributed by atoms with E-state index in [4.69, 9.17) is 4.74 Å². The second-order valence-corrected chi connectivity index (χ2v) is 5.97. The molecule has 1 heterocycles. The van der Waals surface area contributed by atoms with Crippen LogP contribution in [0.25, 0.3) is 0 Å². The van der Waals surface area contributed by atoms with Gasteiger partial charge in [0.1, 0.15) is 5.01 Å². The van der Waals surface area contributed by atoms with E-state index in [0.717, 1.165) is 12.8 Å². The molecule has 0 spiro atoms. The fraction of sp³-hybridized carbons (Fsp3) is 0.769. The van der Waals surface area contributed by atoms with E-state index in [1.807, 2.05) is 13.3 Å². The third-order valence-corrected chi connectivity index (χ3v) is 4.43. The van der Waals surface area contributed by atoms with Gasteiger partial charge in [0.15, 0.2) is 0 Å². The van der Waals surface area contributed by atoms with Crippen LogP contribution in [0.1, 0.15) is 44.5 Å². The van der Waals surface area contributed by atoms with Crippen molar-refractivity contribution in [2.75, 3.05) is 7.11 Å². The van der Waals surface area contributed by atoms with Crippen LogP contribution in [0.4, 0.5) is 0 Å². The first kappa shape index (κ1) is 13.0. The molecule has 1 aromatic heterocycles. The number of hydrogen-bond donors (Lipinski definition) is 1. The number of rotatable bonds is 4. The maximum absolute atomic E-state index is 5.74. The van der Waals surface area contributed by atoms with Gasteiger partial charge in [0.25, 0.3) is 0 Å². The molecule has 0 amide bonds.